The summed E-state index contributed by atoms with van der Waals surface area (Å²) in [6.45, 7) is 3.25. The summed E-state index contributed by atoms with van der Waals surface area (Å²) in [5.74, 6) is -0.0961. The van der Waals surface area contributed by atoms with Crippen LogP contribution in [0.2, 0.25) is 0 Å². The molecular weight excluding hydrogens is 380 g/mol. The number of rotatable bonds is 6. The van der Waals surface area contributed by atoms with Crippen LogP contribution >= 0.6 is 23.1 Å². The fourth-order valence-corrected chi connectivity index (χ4v) is 4.17. The summed E-state index contributed by atoms with van der Waals surface area (Å²) in [7, 11) is 0. The summed E-state index contributed by atoms with van der Waals surface area (Å²) in [5, 5.41) is 6.87. The molecule has 0 unspecified atom stereocenters. The fourth-order valence-electron chi connectivity index (χ4n) is 2.31. The van der Waals surface area contributed by atoms with E-state index in [-0.39, 0.29) is 17.6 Å². The van der Waals surface area contributed by atoms with Gasteiger partial charge in [0.15, 0.2) is 4.34 Å². The van der Waals surface area contributed by atoms with Gasteiger partial charge < -0.3 is 5.32 Å². The smallest absolute Gasteiger partial charge is 0.250 e. The minimum atomic E-state index is -0.198. The predicted molar refractivity (Wildman–Crippen MR) is 111 cm³/mol. The molecule has 0 saturated heterocycles. The Bertz CT molecular complexity index is 981. The van der Waals surface area contributed by atoms with Crippen molar-refractivity contribution in [3.05, 3.63) is 54.1 Å². The Hall–Kier alpha value is -2.71. The lowest BCUT2D eigenvalue weighted by atomic mass is 10.1. The highest BCUT2D eigenvalue weighted by Gasteiger charge is 2.08. The number of carbonyl (C=O) groups is 2. The first-order valence-corrected chi connectivity index (χ1v) is 10.0. The number of thiazole rings is 1. The first kappa shape index (κ1) is 19.1. The third-order valence-electron chi connectivity index (χ3n) is 3.55. The number of hydrogen-bond acceptors (Lipinski definition) is 6. The lowest BCUT2D eigenvalue weighted by molar-refractivity contribution is -0.118. The lowest BCUT2D eigenvalue weighted by Crippen LogP contribution is -2.21. The monoisotopic (exact) mass is 398 g/mol. The number of thioether (sulfide) groups is 1. The largest absolute Gasteiger partial charge is 0.326 e. The zero-order valence-corrected chi connectivity index (χ0v) is 16.5. The topological polar surface area (TPSA) is 83.5 Å². The molecule has 0 spiro atoms. The van der Waals surface area contributed by atoms with Gasteiger partial charge in [-0.2, -0.15) is 5.10 Å². The van der Waals surface area contributed by atoms with Crippen LogP contribution in [-0.2, 0) is 9.59 Å². The van der Waals surface area contributed by atoms with E-state index in [1.165, 1.54) is 18.7 Å². The van der Waals surface area contributed by atoms with E-state index in [0.717, 1.165) is 20.1 Å². The van der Waals surface area contributed by atoms with E-state index in [0.29, 0.717) is 11.4 Å². The van der Waals surface area contributed by atoms with Crippen molar-refractivity contribution in [1.82, 2.24) is 10.4 Å². The molecule has 3 rings (SSSR count). The van der Waals surface area contributed by atoms with Crippen LogP contribution < -0.4 is 10.7 Å². The molecule has 0 fully saturated rings. The summed E-state index contributed by atoms with van der Waals surface area (Å²) in [6, 6.07) is 15.2. The van der Waals surface area contributed by atoms with Crippen molar-refractivity contribution in [2.24, 2.45) is 5.10 Å². The van der Waals surface area contributed by atoms with Crippen molar-refractivity contribution in [1.29, 1.82) is 0 Å². The maximum absolute atomic E-state index is 12.1. The predicted octanol–water partition coefficient (Wildman–Crippen LogP) is 3.89. The Labute approximate surface area is 165 Å². The standard InChI is InChI=1S/C19H18N4O2S2/c1-12(14-6-5-7-15(10-14)20-13(2)24)22-23-18(25)11-26-19-21-16-8-3-4-9-17(16)27-19/h3-10H,11H2,1-2H3,(H,20,24)(H,23,25). The molecule has 0 atom stereocenters. The number of para-hydroxylation sites is 1. The molecule has 0 aliphatic rings. The number of hydrogen-bond donors (Lipinski definition) is 2. The molecule has 2 aromatic carbocycles. The normalized spacial score (nSPS) is 11.4. The molecule has 0 aliphatic heterocycles. The van der Waals surface area contributed by atoms with Gasteiger partial charge in [0.25, 0.3) is 5.91 Å². The molecule has 1 heterocycles. The molecule has 27 heavy (non-hydrogen) atoms. The molecule has 2 amide bonds. The number of aromatic nitrogens is 1. The van der Waals surface area contributed by atoms with Crippen LogP contribution in [0.4, 0.5) is 5.69 Å². The van der Waals surface area contributed by atoms with Gasteiger partial charge in [0.2, 0.25) is 5.91 Å². The number of nitrogens with zero attached hydrogens (tertiary/aromatic N) is 2. The van der Waals surface area contributed by atoms with Crippen molar-refractivity contribution in [3.63, 3.8) is 0 Å². The van der Waals surface area contributed by atoms with Gasteiger partial charge in [-0.1, -0.05) is 36.0 Å². The zero-order chi connectivity index (χ0) is 19.2. The van der Waals surface area contributed by atoms with Crippen LogP contribution in [0.15, 0.2) is 58.0 Å². The minimum absolute atomic E-state index is 0.137. The third-order valence-corrected chi connectivity index (χ3v) is 5.73. The van der Waals surface area contributed by atoms with E-state index in [1.807, 2.05) is 42.5 Å². The van der Waals surface area contributed by atoms with Crippen LogP contribution in [0.3, 0.4) is 0 Å². The molecule has 0 saturated carbocycles. The Morgan fingerprint density at radius 3 is 2.74 bits per heavy atom. The van der Waals surface area contributed by atoms with Crippen LogP contribution in [0, 0.1) is 0 Å². The molecule has 2 N–H and O–H groups in total. The SMILES string of the molecule is CC(=O)Nc1cccc(C(C)=NNC(=O)CSc2nc3ccccc3s2)c1. The van der Waals surface area contributed by atoms with Gasteiger partial charge >= 0.3 is 0 Å². The van der Waals surface area contributed by atoms with Gasteiger partial charge in [0.1, 0.15) is 0 Å². The number of anilines is 1. The van der Waals surface area contributed by atoms with Crippen molar-refractivity contribution >= 4 is 56.5 Å². The van der Waals surface area contributed by atoms with Crippen LogP contribution in [0.5, 0.6) is 0 Å². The lowest BCUT2D eigenvalue weighted by Gasteiger charge is -2.06. The summed E-state index contributed by atoms with van der Waals surface area (Å²) in [5.41, 5.74) is 5.67. The maximum atomic E-state index is 12.1. The van der Waals surface area contributed by atoms with Crippen LogP contribution in [-0.4, -0.2) is 28.3 Å². The average molecular weight is 399 g/mol. The number of hydrazone groups is 1. The van der Waals surface area contributed by atoms with Gasteiger partial charge in [-0.05, 0) is 36.8 Å². The maximum Gasteiger partial charge on any atom is 0.250 e. The quantitative estimate of drug-likeness (QED) is 0.375. The highest BCUT2D eigenvalue weighted by atomic mass is 32.2. The Balaban J connectivity index is 1.56. The second-order valence-electron chi connectivity index (χ2n) is 5.73. The molecule has 1 aromatic heterocycles. The summed E-state index contributed by atoms with van der Waals surface area (Å²) >= 11 is 2.96. The van der Waals surface area contributed by atoms with E-state index >= 15 is 0 Å². The van der Waals surface area contributed by atoms with Gasteiger partial charge in [-0.25, -0.2) is 10.4 Å². The average Bonchev–Trinajstić information content (AvgIpc) is 3.07. The molecule has 8 heteroatoms. The number of nitrogens with one attached hydrogen (secondary N) is 2. The van der Waals surface area contributed by atoms with Crippen molar-refractivity contribution < 1.29 is 9.59 Å². The second kappa shape index (κ2) is 8.79. The Kier molecular flexibility index (Phi) is 6.20. The number of amides is 2. The molecule has 3 aromatic rings. The zero-order valence-electron chi connectivity index (χ0n) is 14.9. The highest BCUT2D eigenvalue weighted by Crippen LogP contribution is 2.29. The van der Waals surface area contributed by atoms with Crippen molar-refractivity contribution in [2.75, 3.05) is 11.1 Å². The Morgan fingerprint density at radius 2 is 1.96 bits per heavy atom. The van der Waals surface area contributed by atoms with Crippen molar-refractivity contribution in [2.45, 2.75) is 18.2 Å². The van der Waals surface area contributed by atoms with Gasteiger partial charge in [0.05, 0.1) is 21.7 Å². The van der Waals surface area contributed by atoms with E-state index in [9.17, 15) is 9.59 Å². The first-order chi connectivity index (χ1) is 13.0. The van der Waals surface area contributed by atoms with Crippen LogP contribution in [0.1, 0.15) is 19.4 Å². The molecule has 6 nitrogen and oxygen atoms in total. The molecule has 0 radical (unpaired) electrons. The van der Waals surface area contributed by atoms with Gasteiger partial charge in [-0.3, -0.25) is 9.59 Å². The number of carbonyl (C=O) groups excluding carboxylic acids is 2. The van der Waals surface area contributed by atoms with E-state index in [2.05, 4.69) is 20.8 Å². The highest BCUT2D eigenvalue weighted by molar-refractivity contribution is 8.01. The third kappa shape index (κ3) is 5.38. The minimum Gasteiger partial charge on any atom is -0.326 e. The molecular formula is C19H18N4O2S2. The number of fused-ring (bicyclic) bond motifs is 1. The van der Waals surface area contributed by atoms with Crippen molar-refractivity contribution in [3.8, 4) is 0 Å². The number of benzene rings is 2. The summed E-state index contributed by atoms with van der Waals surface area (Å²) in [6.07, 6.45) is 0. The summed E-state index contributed by atoms with van der Waals surface area (Å²) in [4.78, 5) is 27.7. The van der Waals surface area contributed by atoms with E-state index in [4.69, 9.17) is 0 Å². The fraction of sp³-hybridized carbons (Fsp3) is 0.158. The molecule has 138 valence electrons. The van der Waals surface area contributed by atoms with Crippen LogP contribution in [0.25, 0.3) is 10.2 Å². The first-order valence-electron chi connectivity index (χ1n) is 8.21. The van der Waals surface area contributed by atoms with E-state index < -0.39 is 0 Å². The van der Waals surface area contributed by atoms with Gasteiger partial charge in [-0.15, -0.1) is 11.3 Å². The van der Waals surface area contributed by atoms with E-state index in [1.54, 1.807) is 24.3 Å². The Morgan fingerprint density at radius 1 is 1.15 bits per heavy atom. The molecule has 0 bridgehead atoms. The molecule has 0 aliphatic carbocycles. The second-order valence-corrected chi connectivity index (χ2v) is 7.98. The van der Waals surface area contributed by atoms with Gasteiger partial charge in [0, 0.05) is 12.6 Å². The summed E-state index contributed by atoms with van der Waals surface area (Å²) < 4.78 is 1.96.